The molecule has 0 fully saturated rings. The first kappa shape index (κ1) is 14.2. The fraction of sp³-hybridized carbons (Fsp3) is 0.538. The molecule has 0 bridgehead atoms. The Balaban J connectivity index is 2.31. The monoisotopic (exact) mass is 275 g/mol. The molecule has 108 valence electrons. The van der Waals surface area contributed by atoms with Gasteiger partial charge in [-0.2, -0.15) is 15.0 Å². The molecule has 0 unspecified atom stereocenters. The van der Waals surface area contributed by atoms with Crippen molar-refractivity contribution in [2.45, 2.75) is 39.7 Å². The Hall–Kier alpha value is -2.18. The molecule has 2 aromatic rings. The van der Waals surface area contributed by atoms with Crippen LogP contribution in [0.1, 0.15) is 33.6 Å². The number of anilines is 2. The van der Waals surface area contributed by atoms with Gasteiger partial charge in [-0.25, -0.2) is 4.98 Å². The van der Waals surface area contributed by atoms with Gasteiger partial charge in [0.25, 0.3) is 0 Å². The molecule has 2 N–H and O–H groups in total. The maximum atomic E-state index is 4.44. The van der Waals surface area contributed by atoms with Crippen LogP contribution >= 0.6 is 0 Å². The predicted octanol–water partition coefficient (Wildman–Crippen LogP) is 2.09. The van der Waals surface area contributed by atoms with Crippen LogP contribution in [0, 0.1) is 0 Å². The maximum Gasteiger partial charge on any atom is 0.241 e. The standard InChI is InChI=1S/C13H21N7/c1-4-10(5-2)16-12-17-11(15-6-3)18-13(19-12)20-8-7-14-9-20/h7-10H,4-6H2,1-3H3,(H2,15,16,17,18,19). The maximum absolute atomic E-state index is 4.44. The van der Waals surface area contributed by atoms with E-state index in [0.29, 0.717) is 23.9 Å². The lowest BCUT2D eigenvalue weighted by molar-refractivity contribution is 0.662. The molecule has 7 heteroatoms. The SMILES string of the molecule is CCNc1nc(NC(CC)CC)nc(-n2ccnc2)n1. The summed E-state index contributed by atoms with van der Waals surface area (Å²) in [5, 5.41) is 6.47. The Morgan fingerprint density at radius 2 is 1.85 bits per heavy atom. The van der Waals surface area contributed by atoms with E-state index in [0.717, 1.165) is 19.4 Å². The van der Waals surface area contributed by atoms with Crippen molar-refractivity contribution >= 4 is 11.9 Å². The van der Waals surface area contributed by atoms with Crippen molar-refractivity contribution in [1.82, 2.24) is 24.5 Å². The number of hydrogen-bond acceptors (Lipinski definition) is 6. The smallest absolute Gasteiger partial charge is 0.241 e. The Morgan fingerprint density at radius 1 is 1.10 bits per heavy atom. The van der Waals surface area contributed by atoms with E-state index in [9.17, 15) is 0 Å². The molecule has 0 spiro atoms. The van der Waals surface area contributed by atoms with E-state index < -0.39 is 0 Å². The molecule has 0 saturated heterocycles. The van der Waals surface area contributed by atoms with Crippen molar-refractivity contribution < 1.29 is 0 Å². The summed E-state index contributed by atoms with van der Waals surface area (Å²) in [4.78, 5) is 17.2. The molecule has 7 nitrogen and oxygen atoms in total. The molecule has 0 radical (unpaired) electrons. The Morgan fingerprint density at radius 3 is 2.45 bits per heavy atom. The van der Waals surface area contributed by atoms with E-state index in [-0.39, 0.29) is 0 Å². The minimum Gasteiger partial charge on any atom is -0.354 e. The Kier molecular flexibility index (Phi) is 4.86. The van der Waals surface area contributed by atoms with Gasteiger partial charge in [0.05, 0.1) is 0 Å². The number of aromatic nitrogens is 5. The minimum atomic E-state index is 0.363. The van der Waals surface area contributed by atoms with Gasteiger partial charge >= 0.3 is 0 Å². The van der Waals surface area contributed by atoms with Gasteiger partial charge in [-0.05, 0) is 19.8 Å². The van der Waals surface area contributed by atoms with Crippen LogP contribution in [-0.2, 0) is 0 Å². The molecule has 0 aliphatic carbocycles. The highest BCUT2D eigenvalue weighted by atomic mass is 15.3. The summed E-state index contributed by atoms with van der Waals surface area (Å²) in [6.07, 6.45) is 7.24. The average Bonchev–Trinajstić information content (AvgIpc) is 2.99. The zero-order valence-electron chi connectivity index (χ0n) is 12.2. The number of nitrogens with one attached hydrogen (secondary N) is 2. The molecule has 0 saturated carbocycles. The highest BCUT2D eigenvalue weighted by molar-refractivity contribution is 5.38. The first-order chi connectivity index (χ1) is 9.76. The van der Waals surface area contributed by atoms with Crippen molar-refractivity contribution in [3.63, 3.8) is 0 Å². The molecule has 2 aromatic heterocycles. The van der Waals surface area contributed by atoms with Gasteiger partial charge in [0.2, 0.25) is 17.8 Å². The lowest BCUT2D eigenvalue weighted by atomic mass is 10.2. The second-order valence-electron chi connectivity index (χ2n) is 4.44. The summed E-state index contributed by atoms with van der Waals surface area (Å²) < 4.78 is 1.76. The molecule has 0 atom stereocenters. The van der Waals surface area contributed by atoms with Crippen molar-refractivity contribution in [3.8, 4) is 5.95 Å². The van der Waals surface area contributed by atoms with E-state index in [1.165, 1.54) is 0 Å². The first-order valence-electron chi connectivity index (χ1n) is 7.01. The molecule has 0 amide bonds. The summed E-state index contributed by atoms with van der Waals surface area (Å²) >= 11 is 0. The van der Waals surface area contributed by atoms with Gasteiger partial charge in [0, 0.05) is 25.0 Å². The van der Waals surface area contributed by atoms with Gasteiger partial charge in [-0.1, -0.05) is 13.8 Å². The van der Waals surface area contributed by atoms with E-state index in [1.54, 1.807) is 17.1 Å². The predicted molar refractivity (Wildman–Crippen MR) is 79.1 cm³/mol. The number of imidazole rings is 1. The van der Waals surface area contributed by atoms with E-state index in [2.05, 4.69) is 44.4 Å². The molecular weight excluding hydrogens is 254 g/mol. The number of rotatable bonds is 7. The molecule has 2 heterocycles. The van der Waals surface area contributed by atoms with Crippen LogP contribution in [0.25, 0.3) is 5.95 Å². The lowest BCUT2D eigenvalue weighted by Crippen LogP contribution is -2.20. The molecule has 0 aliphatic heterocycles. The fourth-order valence-corrected chi connectivity index (χ4v) is 1.83. The van der Waals surface area contributed by atoms with Gasteiger partial charge in [0.1, 0.15) is 6.33 Å². The highest BCUT2D eigenvalue weighted by Crippen LogP contribution is 2.12. The zero-order valence-corrected chi connectivity index (χ0v) is 12.2. The first-order valence-corrected chi connectivity index (χ1v) is 7.01. The Labute approximate surface area is 118 Å². The van der Waals surface area contributed by atoms with Crippen molar-refractivity contribution in [2.75, 3.05) is 17.2 Å². The van der Waals surface area contributed by atoms with Crippen LogP contribution in [0.3, 0.4) is 0 Å². The molecule has 20 heavy (non-hydrogen) atoms. The summed E-state index contributed by atoms with van der Waals surface area (Å²) in [7, 11) is 0. The quantitative estimate of drug-likeness (QED) is 0.805. The summed E-state index contributed by atoms with van der Waals surface area (Å²) in [5.41, 5.74) is 0. The molecular formula is C13H21N7. The van der Waals surface area contributed by atoms with Crippen LogP contribution in [0.2, 0.25) is 0 Å². The van der Waals surface area contributed by atoms with Gasteiger partial charge in [-0.3, -0.25) is 4.57 Å². The summed E-state index contributed by atoms with van der Waals surface area (Å²) in [5.74, 6) is 1.72. The normalized spacial score (nSPS) is 10.8. The van der Waals surface area contributed by atoms with Crippen molar-refractivity contribution in [1.29, 1.82) is 0 Å². The van der Waals surface area contributed by atoms with Gasteiger partial charge in [0.15, 0.2) is 0 Å². The number of nitrogens with zero attached hydrogens (tertiary/aromatic N) is 5. The Bertz CT molecular complexity index is 520. The van der Waals surface area contributed by atoms with E-state index in [4.69, 9.17) is 0 Å². The van der Waals surface area contributed by atoms with Gasteiger partial charge in [-0.15, -0.1) is 0 Å². The lowest BCUT2D eigenvalue weighted by Gasteiger charge is -2.15. The molecule has 0 aliphatic rings. The van der Waals surface area contributed by atoms with Crippen molar-refractivity contribution in [2.24, 2.45) is 0 Å². The fourth-order valence-electron chi connectivity index (χ4n) is 1.83. The van der Waals surface area contributed by atoms with E-state index >= 15 is 0 Å². The highest BCUT2D eigenvalue weighted by Gasteiger charge is 2.10. The van der Waals surface area contributed by atoms with Gasteiger partial charge < -0.3 is 10.6 Å². The number of hydrogen-bond donors (Lipinski definition) is 2. The average molecular weight is 275 g/mol. The van der Waals surface area contributed by atoms with Crippen LogP contribution in [-0.4, -0.2) is 37.1 Å². The minimum absolute atomic E-state index is 0.363. The van der Waals surface area contributed by atoms with Crippen LogP contribution in [0.5, 0.6) is 0 Å². The molecule has 2 rings (SSSR count). The zero-order chi connectivity index (χ0) is 14.4. The van der Waals surface area contributed by atoms with Crippen LogP contribution in [0.4, 0.5) is 11.9 Å². The molecule has 0 aromatic carbocycles. The second-order valence-corrected chi connectivity index (χ2v) is 4.44. The summed E-state index contributed by atoms with van der Waals surface area (Å²) in [6.45, 7) is 7.06. The summed E-state index contributed by atoms with van der Waals surface area (Å²) in [6, 6.07) is 0.363. The van der Waals surface area contributed by atoms with E-state index in [1.807, 2.05) is 13.1 Å². The third-order valence-electron chi connectivity index (χ3n) is 3.01. The largest absolute Gasteiger partial charge is 0.354 e. The second kappa shape index (κ2) is 6.83. The third kappa shape index (κ3) is 3.43. The van der Waals surface area contributed by atoms with Crippen LogP contribution < -0.4 is 10.6 Å². The third-order valence-corrected chi connectivity index (χ3v) is 3.01. The van der Waals surface area contributed by atoms with Crippen LogP contribution in [0.15, 0.2) is 18.7 Å². The van der Waals surface area contributed by atoms with Crippen molar-refractivity contribution in [3.05, 3.63) is 18.7 Å². The topological polar surface area (TPSA) is 80.5 Å².